The van der Waals surface area contributed by atoms with E-state index in [1.807, 2.05) is 30.3 Å². The van der Waals surface area contributed by atoms with E-state index in [0.717, 1.165) is 17.7 Å². The summed E-state index contributed by atoms with van der Waals surface area (Å²) in [5, 5.41) is 15.5. The fraction of sp³-hybridized carbons (Fsp3) is 0.300. The first-order valence-electron chi connectivity index (χ1n) is 12.8. The Morgan fingerprint density at radius 1 is 1.00 bits per heavy atom. The molecule has 0 radical (unpaired) electrons. The molecule has 2 fully saturated rings. The second kappa shape index (κ2) is 12.3. The molecule has 3 aromatic carbocycles. The standard InChI is InChI=1S/C29H29F2N5O4.CH4/c1-33-18-27(38)35-25(13-19-7-11-23(37)12-8-19)28(39)34(16-21-9-10-22(30)14-24(21)31)17-26(35)36(33)29(40)32-15-20-5-3-2-4-6-20;/h2-12,14,25-26,37H,13,15-18H2,1H3,(H,32,40);1H4/t25-,26-;/m0./s1. The number of carbonyl (C=O) groups is 3. The molecule has 0 aliphatic carbocycles. The molecule has 0 bridgehead atoms. The van der Waals surface area contributed by atoms with Crippen molar-refractivity contribution in [3.8, 4) is 5.75 Å². The van der Waals surface area contributed by atoms with Gasteiger partial charge in [0.25, 0.3) is 0 Å². The number of aromatic hydroxyl groups is 1. The van der Waals surface area contributed by atoms with Crippen LogP contribution in [0.2, 0.25) is 0 Å². The minimum atomic E-state index is -0.988. The van der Waals surface area contributed by atoms with Gasteiger partial charge in [-0.05, 0) is 29.3 Å². The second-order valence-electron chi connectivity index (χ2n) is 9.93. The largest absolute Gasteiger partial charge is 0.508 e. The predicted octanol–water partition coefficient (Wildman–Crippen LogP) is 3.49. The number of phenolic OH excluding ortho intramolecular Hbond substituents is 1. The summed E-state index contributed by atoms with van der Waals surface area (Å²) < 4.78 is 28.1. The maximum Gasteiger partial charge on any atom is 0.334 e. The minimum Gasteiger partial charge on any atom is -0.508 e. The van der Waals surface area contributed by atoms with Crippen LogP contribution in [0.25, 0.3) is 0 Å². The van der Waals surface area contributed by atoms with E-state index in [0.29, 0.717) is 5.56 Å². The number of carbonyl (C=O) groups excluding carboxylic acids is 3. The molecule has 0 unspecified atom stereocenters. The summed E-state index contributed by atoms with van der Waals surface area (Å²) in [7, 11) is 1.62. The second-order valence-corrected chi connectivity index (χ2v) is 9.93. The maximum atomic E-state index is 14.6. The molecular weight excluding hydrogens is 532 g/mol. The summed E-state index contributed by atoms with van der Waals surface area (Å²) in [5.41, 5.74) is 1.69. The normalized spacial score (nSPS) is 19.0. The molecule has 3 aromatic rings. The molecule has 4 amide bonds. The lowest BCUT2D eigenvalue weighted by molar-refractivity contribution is -0.187. The quantitative estimate of drug-likeness (QED) is 0.477. The van der Waals surface area contributed by atoms with Crippen LogP contribution in [0.4, 0.5) is 13.6 Å². The van der Waals surface area contributed by atoms with Gasteiger partial charge in [0, 0.05) is 38.2 Å². The van der Waals surface area contributed by atoms with Crippen molar-refractivity contribution in [3.63, 3.8) is 0 Å². The van der Waals surface area contributed by atoms with Gasteiger partial charge in [-0.2, -0.15) is 0 Å². The Kier molecular flexibility index (Phi) is 8.87. The fourth-order valence-electron chi connectivity index (χ4n) is 5.21. The van der Waals surface area contributed by atoms with Gasteiger partial charge in [-0.3, -0.25) is 9.59 Å². The molecule has 9 nitrogen and oxygen atoms in total. The number of rotatable bonds is 6. The van der Waals surface area contributed by atoms with Crippen LogP contribution in [0.5, 0.6) is 5.75 Å². The molecule has 2 N–H and O–H groups in total. The highest BCUT2D eigenvalue weighted by molar-refractivity contribution is 5.91. The minimum absolute atomic E-state index is 0. The molecule has 41 heavy (non-hydrogen) atoms. The molecule has 2 heterocycles. The van der Waals surface area contributed by atoms with Crippen molar-refractivity contribution in [2.45, 2.75) is 39.1 Å². The van der Waals surface area contributed by atoms with Crippen LogP contribution in [0.1, 0.15) is 24.1 Å². The average Bonchev–Trinajstić information content (AvgIpc) is 2.92. The summed E-state index contributed by atoms with van der Waals surface area (Å²) >= 11 is 0. The number of benzene rings is 3. The van der Waals surface area contributed by atoms with Crippen molar-refractivity contribution < 1.29 is 28.3 Å². The third-order valence-electron chi connectivity index (χ3n) is 7.18. The van der Waals surface area contributed by atoms with Gasteiger partial charge in [0.05, 0.1) is 13.1 Å². The van der Waals surface area contributed by atoms with E-state index in [9.17, 15) is 28.3 Å². The number of likely N-dealkylation sites (N-methyl/N-ethyl adjacent to an activating group) is 1. The molecule has 216 valence electrons. The van der Waals surface area contributed by atoms with Crippen LogP contribution in [-0.4, -0.2) is 75.1 Å². The van der Waals surface area contributed by atoms with E-state index in [-0.39, 0.29) is 57.2 Å². The summed E-state index contributed by atoms with van der Waals surface area (Å²) in [6.45, 7) is -0.110. The lowest BCUT2D eigenvalue weighted by Gasteiger charge is -2.54. The van der Waals surface area contributed by atoms with Gasteiger partial charge in [-0.25, -0.2) is 23.6 Å². The fourth-order valence-corrected chi connectivity index (χ4v) is 5.21. The maximum absolute atomic E-state index is 14.6. The van der Waals surface area contributed by atoms with E-state index < -0.39 is 35.8 Å². The van der Waals surface area contributed by atoms with Crippen molar-refractivity contribution in [1.82, 2.24) is 25.1 Å². The zero-order valence-electron chi connectivity index (χ0n) is 21.8. The Balaban J connectivity index is 0.00000387. The third kappa shape index (κ3) is 6.30. The number of hydrogen-bond acceptors (Lipinski definition) is 5. The predicted molar refractivity (Wildman–Crippen MR) is 148 cm³/mol. The van der Waals surface area contributed by atoms with Crippen LogP contribution >= 0.6 is 0 Å². The summed E-state index contributed by atoms with van der Waals surface area (Å²) in [6, 6.07) is 17.3. The third-order valence-corrected chi connectivity index (χ3v) is 7.18. The molecule has 2 aliphatic heterocycles. The SMILES string of the molecule is C.CN1CC(=O)N2[C@@H](Cc3ccc(O)cc3)C(=O)N(Cc3ccc(F)cc3F)C[C@@H]2N1C(=O)NCc1ccccc1. The Labute approximate surface area is 237 Å². The number of phenols is 1. The number of halogens is 2. The monoisotopic (exact) mass is 565 g/mol. The lowest BCUT2D eigenvalue weighted by atomic mass is 9.98. The highest BCUT2D eigenvalue weighted by Crippen LogP contribution is 2.29. The van der Waals surface area contributed by atoms with Gasteiger partial charge >= 0.3 is 6.03 Å². The van der Waals surface area contributed by atoms with Crippen molar-refractivity contribution in [2.24, 2.45) is 0 Å². The number of hydrazine groups is 1. The molecule has 2 saturated heterocycles. The van der Waals surface area contributed by atoms with Crippen molar-refractivity contribution in [1.29, 1.82) is 0 Å². The first kappa shape index (κ1) is 29.5. The van der Waals surface area contributed by atoms with Crippen LogP contribution in [0.3, 0.4) is 0 Å². The Morgan fingerprint density at radius 2 is 1.71 bits per heavy atom. The van der Waals surface area contributed by atoms with Crippen LogP contribution in [-0.2, 0) is 29.1 Å². The molecule has 2 aliphatic rings. The van der Waals surface area contributed by atoms with Crippen molar-refractivity contribution >= 4 is 17.8 Å². The molecular formula is C30H33F2N5O4. The number of nitrogens with one attached hydrogen (secondary N) is 1. The highest BCUT2D eigenvalue weighted by Gasteiger charge is 2.50. The lowest BCUT2D eigenvalue weighted by Crippen LogP contribution is -2.76. The average molecular weight is 566 g/mol. The molecule has 0 saturated carbocycles. The Morgan fingerprint density at radius 3 is 2.39 bits per heavy atom. The van der Waals surface area contributed by atoms with Crippen molar-refractivity contribution in [3.05, 3.63) is 101 Å². The first-order chi connectivity index (χ1) is 19.2. The number of hydrogen-bond donors (Lipinski definition) is 2. The van der Waals surface area contributed by atoms with E-state index in [4.69, 9.17) is 0 Å². The molecule has 2 atom stereocenters. The topological polar surface area (TPSA) is 96.4 Å². The van der Waals surface area contributed by atoms with Gasteiger partial charge in [-0.1, -0.05) is 56.0 Å². The first-order valence-corrected chi connectivity index (χ1v) is 12.8. The van der Waals surface area contributed by atoms with Gasteiger partial charge in [0.1, 0.15) is 29.6 Å². The number of urea groups is 1. The van der Waals surface area contributed by atoms with Crippen molar-refractivity contribution in [2.75, 3.05) is 20.1 Å². The number of piperazine rings is 1. The smallest absolute Gasteiger partial charge is 0.334 e. The summed E-state index contributed by atoms with van der Waals surface area (Å²) in [6.07, 6.45) is -0.752. The van der Waals surface area contributed by atoms with Gasteiger partial charge in [0.15, 0.2) is 0 Å². The Hall–Kier alpha value is -4.51. The van der Waals surface area contributed by atoms with E-state index in [2.05, 4.69) is 5.32 Å². The molecule has 5 rings (SSSR count). The van der Waals surface area contributed by atoms with Crippen LogP contribution in [0, 0.1) is 11.6 Å². The number of amides is 4. The van der Waals surface area contributed by atoms with Crippen LogP contribution < -0.4 is 5.32 Å². The van der Waals surface area contributed by atoms with E-state index in [1.165, 1.54) is 38.0 Å². The molecule has 0 spiro atoms. The van der Waals surface area contributed by atoms with Crippen LogP contribution in [0.15, 0.2) is 72.8 Å². The van der Waals surface area contributed by atoms with Gasteiger partial charge in [0.2, 0.25) is 11.8 Å². The summed E-state index contributed by atoms with van der Waals surface area (Å²) in [4.78, 5) is 43.5. The molecule has 0 aromatic heterocycles. The Bertz CT molecular complexity index is 1410. The summed E-state index contributed by atoms with van der Waals surface area (Å²) in [5.74, 6) is -2.22. The highest BCUT2D eigenvalue weighted by atomic mass is 19.1. The van der Waals surface area contributed by atoms with Gasteiger partial charge < -0.3 is 20.2 Å². The van der Waals surface area contributed by atoms with Gasteiger partial charge in [-0.15, -0.1) is 0 Å². The number of fused-ring (bicyclic) bond motifs is 1. The number of nitrogens with zero attached hydrogens (tertiary/aromatic N) is 4. The van der Waals surface area contributed by atoms with E-state index in [1.54, 1.807) is 19.2 Å². The zero-order chi connectivity index (χ0) is 28.4. The zero-order valence-corrected chi connectivity index (χ0v) is 21.8. The molecule has 11 heteroatoms. The van der Waals surface area contributed by atoms with E-state index >= 15 is 0 Å².